The Hall–Kier alpha value is -5.54. The van der Waals surface area contributed by atoms with Crippen molar-refractivity contribution in [1.29, 1.82) is 0 Å². The summed E-state index contributed by atoms with van der Waals surface area (Å²) in [5, 5.41) is 20.8. The fraction of sp³-hybridized carbons (Fsp3) is 0.0588. The average Bonchev–Trinajstić information content (AvgIpc) is 3.46. The molecule has 43 heavy (non-hydrogen) atoms. The van der Waals surface area contributed by atoms with E-state index < -0.39 is 5.97 Å². The van der Waals surface area contributed by atoms with Crippen LogP contribution in [0.2, 0.25) is 0 Å². The van der Waals surface area contributed by atoms with Crippen molar-refractivity contribution in [2.75, 3.05) is 22.6 Å². The number of carbonyl (C=O) groups excluding carboxylic acids is 1. The number of anilines is 4. The number of nitrogens with one attached hydrogen (secondary N) is 4. The maximum absolute atomic E-state index is 13.2. The number of fused-ring (bicyclic) bond motifs is 1. The van der Waals surface area contributed by atoms with Gasteiger partial charge in [-0.15, -0.1) is 10.2 Å². The van der Waals surface area contributed by atoms with Gasteiger partial charge in [-0.25, -0.2) is 4.79 Å². The first kappa shape index (κ1) is 27.6. The second kappa shape index (κ2) is 12.5. The van der Waals surface area contributed by atoms with E-state index in [1.54, 1.807) is 6.92 Å². The molecule has 0 aliphatic rings. The van der Waals surface area contributed by atoms with Crippen LogP contribution in [0.4, 0.5) is 23.0 Å². The number of aromatic amines is 1. The van der Waals surface area contributed by atoms with Gasteiger partial charge in [0.15, 0.2) is 10.9 Å². The lowest BCUT2D eigenvalue weighted by atomic mass is 10.00. The predicted molar refractivity (Wildman–Crippen MR) is 177 cm³/mol. The van der Waals surface area contributed by atoms with Gasteiger partial charge in [0, 0.05) is 17.3 Å². The average molecular weight is 585 g/mol. The molecule has 0 aliphatic heterocycles. The summed E-state index contributed by atoms with van der Waals surface area (Å²) in [5.74, 6) is 0.600. The molecule has 0 saturated heterocycles. The molecule has 2 heterocycles. The number of hydrogen-bond acceptors (Lipinski definition) is 6. The van der Waals surface area contributed by atoms with Crippen LogP contribution in [0.5, 0.6) is 0 Å². The van der Waals surface area contributed by atoms with Gasteiger partial charge in [-0.2, -0.15) is 0 Å². The number of nitrogens with zero attached hydrogens (tertiary/aromatic N) is 2. The minimum atomic E-state index is -0.422. The first-order chi connectivity index (χ1) is 21.1. The number of hydrogen-bond donors (Lipinski definition) is 4. The molecule has 6 aromatic rings. The van der Waals surface area contributed by atoms with E-state index in [-0.39, 0.29) is 6.61 Å². The normalized spacial score (nSPS) is 10.7. The lowest BCUT2D eigenvalue weighted by molar-refractivity contribution is 0.0528. The molecule has 6 rings (SSSR count). The lowest BCUT2D eigenvalue weighted by Gasteiger charge is -2.15. The molecule has 9 heteroatoms. The number of benzene rings is 4. The van der Waals surface area contributed by atoms with Gasteiger partial charge in [0.25, 0.3) is 0 Å². The summed E-state index contributed by atoms with van der Waals surface area (Å²) in [6, 6.07) is 35.4. The molecular formula is C34H28N6O2S. The Bertz CT molecular complexity index is 1900. The molecule has 0 saturated carbocycles. The van der Waals surface area contributed by atoms with E-state index in [0.717, 1.165) is 33.2 Å². The molecule has 0 unspecified atom stereocenters. The van der Waals surface area contributed by atoms with Gasteiger partial charge in [-0.05, 0) is 65.8 Å². The predicted octanol–water partition coefficient (Wildman–Crippen LogP) is 8.02. The van der Waals surface area contributed by atoms with Crippen molar-refractivity contribution in [2.24, 2.45) is 0 Å². The Balaban J connectivity index is 1.23. The van der Waals surface area contributed by atoms with E-state index in [9.17, 15) is 4.79 Å². The van der Waals surface area contributed by atoms with E-state index >= 15 is 0 Å². The number of rotatable bonds is 8. The largest absolute Gasteiger partial charge is 0.462 e. The van der Waals surface area contributed by atoms with Crippen LogP contribution in [0, 0.1) is 0 Å². The Kier molecular flexibility index (Phi) is 8.06. The van der Waals surface area contributed by atoms with Gasteiger partial charge in [0.1, 0.15) is 11.4 Å². The van der Waals surface area contributed by atoms with Gasteiger partial charge in [0.05, 0.1) is 23.7 Å². The summed E-state index contributed by atoms with van der Waals surface area (Å²) in [5.41, 5.74) is 5.22. The first-order valence-electron chi connectivity index (χ1n) is 13.8. The van der Waals surface area contributed by atoms with Crippen molar-refractivity contribution in [3.63, 3.8) is 0 Å². The second-order valence-corrected chi connectivity index (χ2v) is 10.1. The van der Waals surface area contributed by atoms with Gasteiger partial charge >= 0.3 is 5.97 Å². The van der Waals surface area contributed by atoms with Crippen LogP contribution >= 0.6 is 12.2 Å². The SMILES string of the molecule is CCOC(=O)c1c(-c2ccc3ccccc3c2)c[nH]c1Nc1ccccc1NC(=S)Nc1ccc(-c2ccccc2)nn1. The first-order valence-corrected chi connectivity index (χ1v) is 14.2. The van der Waals surface area contributed by atoms with Crippen LogP contribution in [0.3, 0.4) is 0 Å². The van der Waals surface area contributed by atoms with Crippen LogP contribution in [0.25, 0.3) is 33.2 Å². The van der Waals surface area contributed by atoms with Gasteiger partial charge in [-0.3, -0.25) is 0 Å². The summed E-state index contributed by atoms with van der Waals surface area (Å²) >= 11 is 5.58. The smallest absolute Gasteiger partial charge is 0.342 e. The van der Waals surface area contributed by atoms with Gasteiger partial charge in [0.2, 0.25) is 0 Å². The van der Waals surface area contributed by atoms with Crippen molar-refractivity contribution in [2.45, 2.75) is 6.92 Å². The molecule has 0 amide bonds. The number of ether oxygens (including phenoxy) is 1. The Morgan fingerprint density at radius 3 is 2.30 bits per heavy atom. The Morgan fingerprint density at radius 1 is 0.791 bits per heavy atom. The molecular weight excluding hydrogens is 556 g/mol. The molecule has 0 aliphatic carbocycles. The summed E-state index contributed by atoms with van der Waals surface area (Å²) in [6.45, 7) is 2.05. The number of H-pyrrole nitrogens is 1. The Morgan fingerprint density at radius 2 is 1.53 bits per heavy atom. The molecule has 0 radical (unpaired) electrons. The third kappa shape index (κ3) is 6.22. The molecule has 0 fully saturated rings. The van der Waals surface area contributed by atoms with Crippen LogP contribution in [0.15, 0.2) is 115 Å². The van der Waals surface area contributed by atoms with Crippen LogP contribution in [-0.4, -0.2) is 32.9 Å². The molecule has 212 valence electrons. The molecule has 8 nitrogen and oxygen atoms in total. The number of thiocarbonyl (C=S) groups is 1. The van der Waals surface area contributed by atoms with Crippen LogP contribution in [-0.2, 0) is 4.74 Å². The zero-order valence-electron chi connectivity index (χ0n) is 23.3. The Labute approximate surface area is 254 Å². The van der Waals surface area contributed by atoms with Crippen molar-refractivity contribution >= 4 is 57.1 Å². The highest BCUT2D eigenvalue weighted by Gasteiger charge is 2.22. The van der Waals surface area contributed by atoms with Crippen molar-refractivity contribution < 1.29 is 9.53 Å². The minimum Gasteiger partial charge on any atom is -0.462 e. The number of aromatic nitrogens is 3. The lowest BCUT2D eigenvalue weighted by Crippen LogP contribution is -2.20. The van der Waals surface area contributed by atoms with Crippen molar-refractivity contribution in [3.8, 4) is 22.4 Å². The molecule has 2 aromatic heterocycles. The fourth-order valence-electron chi connectivity index (χ4n) is 4.79. The summed E-state index contributed by atoms with van der Waals surface area (Å²) < 4.78 is 5.45. The zero-order valence-corrected chi connectivity index (χ0v) is 24.1. The molecule has 0 atom stereocenters. The number of carbonyl (C=O) groups is 1. The fourth-order valence-corrected chi connectivity index (χ4v) is 5.00. The maximum Gasteiger partial charge on any atom is 0.342 e. The van der Waals surface area contributed by atoms with E-state index in [1.165, 1.54) is 0 Å². The molecule has 0 bridgehead atoms. The zero-order chi connectivity index (χ0) is 29.6. The molecule has 4 aromatic carbocycles. The molecule has 0 spiro atoms. The highest BCUT2D eigenvalue weighted by Crippen LogP contribution is 2.35. The van der Waals surface area contributed by atoms with E-state index in [4.69, 9.17) is 17.0 Å². The van der Waals surface area contributed by atoms with Crippen LogP contribution in [0.1, 0.15) is 17.3 Å². The van der Waals surface area contributed by atoms with Gasteiger partial charge in [-0.1, -0.05) is 78.9 Å². The highest BCUT2D eigenvalue weighted by molar-refractivity contribution is 7.80. The highest BCUT2D eigenvalue weighted by atomic mass is 32.1. The van der Waals surface area contributed by atoms with Crippen LogP contribution < -0.4 is 16.0 Å². The van der Waals surface area contributed by atoms with Gasteiger partial charge < -0.3 is 25.7 Å². The maximum atomic E-state index is 13.2. The minimum absolute atomic E-state index is 0.258. The van der Waals surface area contributed by atoms with Crippen molar-refractivity contribution in [3.05, 3.63) is 121 Å². The number of para-hydroxylation sites is 2. The second-order valence-electron chi connectivity index (χ2n) is 9.65. The summed E-state index contributed by atoms with van der Waals surface area (Å²) in [7, 11) is 0. The summed E-state index contributed by atoms with van der Waals surface area (Å²) in [6.07, 6.45) is 1.82. The quantitative estimate of drug-likeness (QED) is 0.105. The number of esters is 1. The third-order valence-electron chi connectivity index (χ3n) is 6.83. The van der Waals surface area contributed by atoms with E-state index in [0.29, 0.717) is 33.7 Å². The van der Waals surface area contributed by atoms with Crippen molar-refractivity contribution in [1.82, 2.24) is 15.2 Å². The third-order valence-corrected chi connectivity index (χ3v) is 7.03. The van der Waals surface area contributed by atoms with E-state index in [1.807, 2.05) is 97.2 Å². The molecule has 4 N–H and O–H groups in total. The van der Waals surface area contributed by atoms with E-state index in [2.05, 4.69) is 49.3 Å². The monoisotopic (exact) mass is 584 g/mol. The topological polar surface area (TPSA) is 104 Å². The standard InChI is InChI=1S/C34H28N6O2S/c1-2-42-33(41)31-26(25-17-16-22-10-6-7-13-24(22)20-25)21-35-32(31)36-28-14-8-9-15-29(28)37-34(43)38-30-19-18-27(39-40-30)23-11-4-3-5-12-23/h3-21,35-36H,2H2,1H3,(H2,37,38,40,43). The summed E-state index contributed by atoms with van der Waals surface area (Å²) in [4.78, 5) is 16.5.